The van der Waals surface area contributed by atoms with Crippen LogP contribution < -0.4 is 5.32 Å². The van der Waals surface area contributed by atoms with Crippen molar-refractivity contribution in [1.29, 1.82) is 0 Å². The highest BCUT2D eigenvalue weighted by Crippen LogP contribution is 2.33. The van der Waals surface area contributed by atoms with Crippen LogP contribution in [0.15, 0.2) is 85.1 Å². The minimum atomic E-state index is -1.99. The molecule has 17 unspecified atom stereocenters. The number of carbonyl (C=O) groups is 1. The minimum absolute atomic E-state index is 0.229. The van der Waals surface area contributed by atoms with Crippen LogP contribution in [0.2, 0.25) is 0 Å². The van der Waals surface area contributed by atoms with Gasteiger partial charge in [-0.05, 0) is 83.5 Å². The molecule has 19 heteroatoms. The molecule has 0 bridgehead atoms. The fourth-order valence-corrected chi connectivity index (χ4v) is 13.2. The van der Waals surface area contributed by atoms with E-state index >= 15 is 0 Å². The number of unbranched alkanes of at least 4 members (excludes halogenated alkanes) is 35. The highest BCUT2D eigenvalue weighted by atomic mass is 16.8. The zero-order chi connectivity index (χ0) is 73.2. The molecule has 3 saturated heterocycles. The molecule has 0 aromatic rings. The lowest BCUT2D eigenvalue weighted by Crippen LogP contribution is -2.66. The van der Waals surface area contributed by atoms with E-state index in [4.69, 9.17) is 28.4 Å². The van der Waals surface area contributed by atoms with Crippen LogP contribution in [0.1, 0.15) is 296 Å². The van der Waals surface area contributed by atoms with E-state index in [9.17, 15) is 61.0 Å². The summed E-state index contributed by atoms with van der Waals surface area (Å²) in [7, 11) is 0. The van der Waals surface area contributed by atoms with E-state index in [0.29, 0.717) is 12.8 Å². The van der Waals surface area contributed by atoms with Gasteiger partial charge in [-0.3, -0.25) is 4.79 Å². The molecule has 0 aliphatic carbocycles. The van der Waals surface area contributed by atoms with Gasteiger partial charge in [-0.25, -0.2) is 0 Å². The first-order valence-corrected chi connectivity index (χ1v) is 40.3. The molecule has 3 rings (SSSR count). The fraction of sp³-hybridized carbons (Fsp3) is 0.817. The predicted molar refractivity (Wildman–Crippen MR) is 401 cm³/mol. The first kappa shape index (κ1) is 92.2. The molecular weight excluding hydrogens is 1290 g/mol. The number of ether oxygens (including phenoxy) is 6. The van der Waals surface area contributed by atoms with Crippen molar-refractivity contribution in [3.8, 4) is 0 Å². The molecule has 586 valence electrons. The smallest absolute Gasteiger partial charge is 0.220 e. The second kappa shape index (κ2) is 62.1. The van der Waals surface area contributed by atoms with Gasteiger partial charge in [0.05, 0.1) is 38.6 Å². The molecule has 1 amide bonds. The zero-order valence-electron chi connectivity index (χ0n) is 62.6. The van der Waals surface area contributed by atoms with Crippen LogP contribution in [0, 0.1) is 0 Å². The molecule has 3 heterocycles. The number of aliphatic hydroxyl groups excluding tert-OH is 11. The lowest BCUT2D eigenvalue weighted by Gasteiger charge is -2.48. The third kappa shape index (κ3) is 42.2. The van der Waals surface area contributed by atoms with Crippen molar-refractivity contribution < 1.29 is 89.4 Å². The normalized spacial score (nSPS) is 26.8. The molecule has 17 atom stereocenters. The van der Waals surface area contributed by atoms with Crippen LogP contribution in [0.5, 0.6) is 0 Å². The Labute approximate surface area is 610 Å². The first-order valence-electron chi connectivity index (χ1n) is 40.3. The summed E-state index contributed by atoms with van der Waals surface area (Å²) in [5.41, 5.74) is 0. The summed E-state index contributed by atoms with van der Waals surface area (Å²) < 4.78 is 34.4. The maximum Gasteiger partial charge on any atom is 0.220 e. The van der Waals surface area contributed by atoms with Gasteiger partial charge >= 0.3 is 0 Å². The van der Waals surface area contributed by atoms with Gasteiger partial charge in [-0.2, -0.15) is 0 Å². The van der Waals surface area contributed by atoms with Crippen LogP contribution in [0.25, 0.3) is 0 Å². The van der Waals surface area contributed by atoms with Gasteiger partial charge in [-0.1, -0.05) is 292 Å². The lowest BCUT2D eigenvalue weighted by atomic mass is 9.96. The Hall–Kier alpha value is -3.03. The lowest BCUT2D eigenvalue weighted by molar-refractivity contribution is -0.379. The van der Waals surface area contributed by atoms with Crippen LogP contribution >= 0.6 is 0 Å². The Kier molecular flexibility index (Phi) is 56.6. The number of amides is 1. The van der Waals surface area contributed by atoms with E-state index in [2.05, 4.69) is 92.1 Å². The van der Waals surface area contributed by atoms with Gasteiger partial charge in [0.25, 0.3) is 0 Å². The van der Waals surface area contributed by atoms with E-state index in [1.165, 1.54) is 193 Å². The maximum atomic E-state index is 13.5. The summed E-state index contributed by atoms with van der Waals surface area (Å²) in [6.07, 6.45) is 55.7. The van der Waals surface area contributed by atoms with E-state index < -0.39 is 124 Å². The van der Waals surface area contributed by atoms with Gasteiger partial charge in [0, 0.05) is 6.42 Å². The Bertz CT molecular complexity index is 2150. The summed E-state index contributed by atoms with van der Waals surface area (Å²) in [5, 5.41) is 121. The quantitative estimate of drug-likeness (QED) is 0.0199. The van der Waals surface area contributed by atoms with Crippen molar-refractivity contribution in [3.05, 3.63) is 85.1 Å². The molecule has 3 fully saturated rings. The van der Waals surface area contributed by atoms with E-state index in [0.717, 1.165) is 70.6 Å². The largest absolute Gasteiger partial charge is 0.394 e. The Morgan fingerprint density at radius 1 is 0.366 bits per heavy atom. The summed E-state index contributed by atoms with van der Waals surface area (Å²) >= 11 is 0. The van der Waals surface area contributed by atoms with Crippen molar-refractivity contribution in [1.82, 2.24) is 5.32 Å². The molecule has 19 nitrogen and oxygen atoms in total. The highest BCUT2D eigenvalue weighted by Gasteiger charge is 2.54. The van der Waals surface area contributed by atoms with Crippen LogP contribution in [-0.2, 0) is 33.2 Å². The second-order valence-corrected chi connectivity index (χ2v) is 28.5. The number of hydrogen-bond acceptors (Lipinski definition) is 18. The minimum Gasteiger partial charge on any atom is -0.394 e. The molecule has 101 heavy (non-hydrogen) atoms. The predicted octanol–water partition coefficient (Wildman–Crippen LogP) is 13.4. The van der Waals surface area contributed by atoms with Crippen molar-refractivity contribution in [3.63, 3.8) is 0 Å². The number of hydrogen-bond donors (Lipinski definition) is 12. The summed E-state index contributed by atoms with van der Waals surface area (Å²) in [6.45, 7) is 1.63. The number of rotatable bonds is 63. The van der Waals surface area contributed by atoms with Gasteiger partial charge in [0.2, 0.25) is 5.91 Å². The average molecular weight is 1430 g/mol. The van der Waals surface area contributed by atoms with Gasteiger partial charge in [0.15, 0.2) is 18.9 Å². The first-order chi connectivity index (χ1) is 49.3. The van der Waals surface area contributed by atoms with Gasteiger partial charge in [0.1, 0.15) is 73.2 Å². The molecule has 0 saturated carbocycles. The number of allylic oxidation sites excluding steroid dienone is 13. The van der Waals surface area contributed by atoms with E-state index in [-0.39, 0.29) is 18.9 Å². The maximum absolute atomic E-state index is 13.5. The van der Waals surface area contributed by atoms with Crippen LogP contribution in [-0.4, -0.2) is 193 Å². The number of aliphatic hydroxyl groups is 11. The Balaban J connectivity index is 1.39. The molecule has 12 N–H and O–H groups in total. The third-order valence-corrected chi connectivity index (χ3v) is 19.7. The van der Waals surface area contributed by atoms with Crippen molar-refractivity contribution in [2.45, 2.75) is 401 Å². The molecule has 0 radical (unpaired) electrons. The molecular formula is C82H145NO18. The van der Waals surface area contributed by atoms with E-state index in [1.807, 2.05) is 6.08 Å². The Morgan fingerprint density at radius 3 is 1.11 bits per heavy atom. The summed E-state index contributed by atoms with van der Waals surface area (Å²) in [4.78, 5) is 13.5. The average Bonchev–Trinajstić information content (AvgIpc) is 0.796. The van der Waals surface area contributed by atoms with Crippen molar-refractivity contribution in [2.75, 3.05) is 26.4 Å². The monoisotopic (exact) mass is 1430 g/mol. The molecule has 3 aliphatic rings. The molecule has 0 aromatic carbocycles. The van der Waals surface area contributed by atoms with E-state index in [1.54, 1.807) is 6.08 Å². The SMILES string of the molecule is CC/C=C\C/C=C\C/C=C\C/C=C\CCCCCCCCCCCCCCCCCCC(=O)NC(COC1OC(CO)C(OC2OC(CO)C(OC3OC(CO)C(O)C(O)C3O)C(O)C2O)C(O)C1O)C(O)/C=C/CC/C=C/CC/C=C/CCCCCCCCCCCCCCCCCCC. The van der Waals surface area contributed by atoms with Crippen LogP contribution in [0.3, 0.4) is 0 Å². The zero-order valence-corrected chi connectivity index (χ0v) is 62.6. The molecule has 0 aromatic heterocycles. The van der Waals surface area contributed by atoms with Crippen molar-refractivity contribution in [2.24, 2.45) is 0 Å². The summed E-state index contributed by atoms with van der Waals surface area (Å²) in [6, 6.07) is -1.00. The van der Waals surface area contributed by atoms with Crippen molar-refractivity contribution >= 4 is 5.91 Å². The Morgan fingerprint density at radius 2 is 0.693 bits per heavy atom. The molecule has 3 aliphatic heterocycles. The van der Waals surface area contributed by atoms with Gasteiger partial charge in [-0.15, -0.1) is 0 Å². The fourth-order valence-electron chi connectivity index (χ4n) is 13.2. The highest BCUT2D eigenvalue weighted by molar-refractivity contribution is 5.76. The third-order valence-electron chi connectivity index (χ3n) is 19.7. The van der Waals surface area contributed by atoms with Gasteiger partial charge < -0.3 is 89.9 Å². The van der Waals surface area contributed by atoms with Crippen LogP contribution in [0.4, 0.5) is 0 Å². The standard InChI is InChI=1S/C82H145NO18/c1-3-5-7-9-11-13-15-17-19-21-23-25-27-29-31-32-34-36-38-40-42-44-46-48-50-52-54-56-58-60-70(88)83-65(66(87)59-57-55-53-51-49-47-45-43-41-39-37-35-33-30-28-26-24-22-20-18-16-14-12-10-8-6-4-2)64-96-80-76(94)73(91)78(68(62-85)98-80)101-82-77(95)74(92)79(69(63-86)99-82)100-81-75(93)72(90)71(89)67(61-84)97-81/h5,7,11,13,17,19,23,25,41,43,49,51,57,59,65-69,71-82,84-87,89-95H,3-4,6,8-10,12,14-16,18,20-22,24,26-40,42,44-48,50,52-56,58,60-64H2,1-2H3,(H,83,88)/b7-5-,13-11-,19-17-,25-23-,43-41+,51-49+,59-57+. The number of nitrogens with one attached hydrogen (secondary N) is 1. The topological polar surface area (TPSA) is 307 Å². The molecule has 0 spiro atoms. The summed E-state index contributed by atoms with van der Waals surface area (Å²) in [5.74, 6) is -0.289. The second-order valence-electron chi connectivity index (χ2n) is 28.5. The number of carbonyl (C=O) groups excluding carboxylic acids is 1.